The quantitative estimate of drug-likeness (QED) is 0.662. The van der Waals surface area contributed by atoms with Crippen molar-refractivity contribution < 1.29 is 18.4 Å². The number of hydrogen-bond donors (Lipinski definition) is 2. The summed E-state index contributed by atoms with van der Waals surface area (Å²) in [5, 5.41) is 6.12. The van der Waals surface area contributed by atoms with Gasteiger partial charge >= 0.3 is 0 Å². The molecule has 0 aliphatic heterocycles. The van der Waals surface area contributed by atoms with Gasteiger partial charge in [-0.25, -0.2) is 0 Å². The zero-order chi connectivity index (χ0) is 21.6. The van der Waals surface area contributed by atoms with Crippen LogP contribution in [0.4, 0.5) is 0 Å². The van der Waals surface area contributed by atoms with Gasteiger partial charge in [-0.3, -0.25) is 9.59 Å². The Labute approximate surface area is 177 Å². The molecular formula is C24H30N2O4. The number of rotatable bonds is 7. The van der Waals surface area contributed by atoms with Gasteiger partial charge in [0.05, 0.1) is 12.5 Å². The second-order valence-corrected chi connectivity index (χ2v) is 9.18. The lowest BCUT2D eigenvalue weighted by Gasteiger charge is -2.46. The van der Waals surface area contributed by atoms with Crippen molar-refractivity contribution in [1.82, 2.24) is 10.6 Å². The van der Waals surface area contributed by atoms with Gasteiger partial charge in [0.2, 0.25) is 11.8 Å². The smallest absolute Gasteiger partial charge is 0.244 e. The average Bonchev–Trinajstić information content (AvgIpc) is 3.35. The van der Waals surface area contributed by atoms with E-state index in [1.807, 2.05) is 0 Å². The lowest BCUT2D eigenvalue weighted by molar-refractivity contribution is -0.119. The Kier molecular flexibility index (Phi) is 6.65. The predicted molar refractivity (Wildman–Crippen MR) is 116 cm³/mol. The summed E-state index contributed by atoms with van der Waals surface area (Å²) in [5.74, 6) is 0.990. The Morgan fingerprint density at radius 3 is 2.17 bits per heavy atom. The first-order valence-corrected chi connectivity index (χ1v) is 10.2. The molecule has 1 aliphatic carbocycles. The van der Waals surface area contributed by atoms with Crippen molar-refractivity contribution in [3.8, 4) is 0 Å². The van der Waals surface area contributed by atoms with Crippen LogP contribution in [0.15, 0.2) is 57.8 Å². The summed E-state index contributed by atoms with van der Waals surface area (Å²) in [7, 11) is 0. The van der Waals surface area contributed by atoms with Crippen molar-refractivity contribution in [3.05, 3.63) is 60.5 Å². The number of nitrogens with one attached hydrogen (secondary N) is 2. The molecule has 2 heterocycles. The number of carbonyl (C=O) groups excluding carboxylic acids is 2. The number of hydrogen-bond acceptors (Lipinski definition) is 4. The van der Waals surface area contributed by atoms with Gasteiger partial charge in [0.15, 0.2) is 0 Å². The van der Waals surface area contributed by atoms with E-state index >= 15 is 0 Å². The molecule has 2 atom stereocenters. The summed E-state index contributed by atoms with van der Waals surface area (Å²) in [6.07, 6.45) is 12.1. The molecule has 3 rings (SSSR count). The van der Waals surface area contributed by atoms with Crippen LogP contribution < -0.4 is 10.6 Å². The Morgan fingerprint density at radius 2 is 1.60 bits per heavy atom. The van der Waals surface area contributed by atoms with Crippen molar-refractivity contribution >= 4 is 24.0 Å². The summed E-state index contributed by atoms with van der Waals surface area (Å²) < 4.78 is 10.4. The fourth-order valence-corrected chi connectivity index (χ4v) is 4.57. The number of carbonyl (C=O) groups is 2. The van der Waals surface area contributed by atoms with Gasteiger partial charge in [-0.05, 0) is 66.5 Å². The van der Waals surface area contributed by atoms with Gasteiger partial charge in [0.25, 0.3) is 0 Å². The minimum atomic E-state index is -0.155. The van der Waals surface area contributed by atoms with E-state index in [2.05, 4.69) is 31.4 Å². The van der Waals surface area contributed by atoms with E-state index in [9.17, 15) is 9.59 Å². The third-order valence-electron chi connectivity index (χ3n) is 5.36. The first-order chi connectivity index (χ1) is 14.2. The van der Waals surface area contributed by atoms with Crippen molar-refractivity contribution in [3.63, 3.8) is 0 Å². The highest BCUT2D eigenvalue weighted by atomic mass is 16.3. The summed E-state index contributed by atoms with van der Waals surface area (Å²) in [4.78, 5) is 24.6. The molecule has 0 radical (unpaired) electrons. The summed E-state index contributed by atoms with van der Waals surface area (Å²) in [5.41, 5.74) is -0.0526. The van der Waals surface area contributed by atoms with Crippen LogP contribution in [0.25, 0.3) is 12.2 Å². The third-order valence-corrected chi connectivity index (χ3v) is 5.36. The molecule has 0 bridgehead atoms. The van der Waals surface area contributed by atoms with Gasteiger partial charge in [-0.2, -0.15) is 0 Å². The molecule has 6 heteroatoms. The van der Waals surface area contributed by atoms with Gasteiger partial charge in [0.1, 0.15) is 11.5 Å². The van der Waals surface area contributed by atoms with Gasteiger partial charge < -0.3 is 19.5 Å². The highest BCUT2D eigenvalue weighted by molar-refractivity contribution is 5.92. The minimum Gasteiger partial charge on any atom is -0.465 e. The highest BCUT2D eigenvalue weighted by Gasteiger charge is 2.41. The standard InChI is InChI=1S/C24H30N2O4/c1-23(2)14-18(26-22(28)11-9-20-7-5-13-30-20)15-24(3,16-23)17-25-21(27)10-8-19-6-4-12-29-19/h4-13,18H,14-17H2,1-3H3,(H,25,27)(H,26,28). The molecule has 2 N–H and O–H groups in total. The Morgan fingerprint density at radius 1 is 1.00 bits per heavy atom. The molecule has 2 aromatic heterocycles. The third kappa shape index (κ3) is 6.51. The molecule has 0 aromatic carbocycles. The minimum absolute atomic E-state index is 0.0445. The molecule has 2 aromatic rings. The number of amides is 2. The second kappa shape index (κ2) is 9.20. The van der Waals surface area contributed by atoms with Crippen molar-refractivity contribution in [2.24, 2.45) is 10.8 Å². The molecular weight excluding hydrogens is 380 g/mol. The molecule has 0 spiro atoms. The van der Waals surface area contributed by atoms with Crippen molar-refractivity contribution in [1.29, 1.82) is 0 Å². The van der Waals surface area contributed by atoms with Crippen LogP contribution in [0.2, 0.25) is 0 Å². The van der Waals surface area contributed by atoms with Crippen LogP contribution in [0, 0.1) is 10.8 Å². The number of furan rings is 2. The summed E-state index contributed by atoms with van der Waals surface area (Å²) in [6.45, 7) is 7.14. The fraction of sp³-hybridized carbons (Fsp3) is 0.417. The summed E-state index contributed by atoms with van der Waals surface area (Å²) >= 11 is 0. The van der Waals surface area contributed by atoms with Crippen LogP contribution in [-0.4, -0.2) is 24.4 Å². The van der Waals surface area contributed by atoms with Crippen LogP contribution in [0.3, 0.4) is 0 Å². The molecule has 2 amide bonds. The Balaban J connectivity index is 1.55. The van der Waals surface area contributed by atoms with Gasteiger partial charge in [-0.15, -0.1) is 0 Å². The zero-order valence-corrected chi connectivity index (χ0v) is 17.8. The Hall–Kier alpha value is -3.02. The highest BCUT2D eigenvalue weighted by Crippen LogP contribution is 2.45. The van der Waals surface area contributed by atoms with E-state index in [1.54, 1.807) is 48.9 Å². The second-order valence-electron chi connectivity index (χ2n) is 9.18. The van der Waals surface area contributed by atoms with Crippen LogP contribution in [0.1, 0.15) is 51.6 Å². The van der Waals surface area contributed by atoms with Crippen molar-refractivity contribution in [2.45, 2.75) is 46.1 Å². The predicted octanol–water partition coefficient (Wildman–Crippen LogP) is 4.42. The van der Waals surface area contributed by atoms with E-state index in [1.165, 1.54) is 12.2 Å². The zero-order valence-electron chi connectivity index (χ0n) is 17.8. The normalized spacial score (nSPS) is 23.6. The van der Waals surface area contributed by atoms with E-state index < -0.39 is 0 Å². The van der Waals surface area contributed by atoms with Crippen LogP contribution >= 0.6 is 0 Å². The van der Waals surface area contributed by atoms with E-state index in [-0.39, 0.29) is 28.7 Å². The molecule has 160 valence electrons. The SMILES string of the molecule is CC1(C)CC(NC(=O)C=Cc2ccco2)CC(C)(CNC(=O)C=Cc2ccco2)C1. The Bertz CT molecular complexity index is 894. The maximum atomic E-state index is 12.4. The average molecular weight is 411 g/mol. The largest absolute Gasteiger partial charge is 0.465 e. The van der Waals surface area contributed by atoms with E-state index in [0.717, 1.165) is 19.3 Å². The molecule has 0 saturated heterocycles. The van der Waals surface area contributed by atoms with E-state index in [4.69, 9.17) is 8.83 Å². The molecule has 2 unspecified atom stereocenters. The van der Waals surface area contributed by atoms with Gasteiger partial charge in [0, 0.05) is 24.7 Å². The fourth-order valence-electron chi connectivity index (χ4n) is 4.57. The van der Waals surface area contributed by atoms with E-state index in [0.29, 0.717) is 18.1 Å². The van der Waals surface area contributed by atoms with Crippen LogP contribution in [0.5, 0.6) is 0 Å². The first kappa shape index (κ1) is 21.7. The topological polar surface area (TPSA) is 84.5 Å². The van der Waals surface area contributed by atoms with Gasteiger partial charge in [-0.1, -0.05) is 20.8 Å². The lowest BCUT2D eigenvalue weighted by Crippen LogP contribution is -2.50. The lowest BCUT2D eigenvalue weighted by atomic mass is 9.62. The van der Waals surface area contributed by atoms with Crippen molar-refractivity contribution in [2.75, 3.05) is 6.54 Å². The monoisotopic (exact) mass is 410 g/mol. The maximum Gasteiger partial charge on any atom is 0.244 e. The summed E-state index contributed by atoms with van der Waals surface area (Å²) in [6, 6.07) is 7.20. The first-order valence-electron chi connectivity index (χ1n) is 10.2. The molecule has 30 heavy (non-hydrogen) atoms. The molecule has 1 fully saturated rings. The van der Waals surface area contributed by atoms with Crippen LogP contribution in [-0.2, 0) is 9.59 Å². The molecule has 1 saturated carbocycles. The molecule has 1 aliphatic rings. The molecule has 6 nitrogen and oxygen atoms in total. The maximum absolute atomic E-state index is 12.4.